The molecule has 0 saturated heterocycles. The maximum atomic E-state index is 11.7. The molecule has 1 aromatic carbocycles. The molecular formula is C15H12ClN3O2. The lowest BCUT2D eigenvalue weighted by Crippen LogP contribution is -2.08. The second kappa shape index (κ2) is 5.54. The summed E-state index contributed by atoms with van der Waals surface area (Å²) in [5.41, 5.74) is 2.19. The highest BCUT2D eigenvalue weighted by Gasteiger charge is 2.07. The highest BCUT2D eigenvalue weighted by atomic mass is 35.5. The minimum absolute atomic E-state index is 0.184. The SMILES string of the molecule is COc1ccc(Cc2cc(=O)[nH]c3ncncc23)cc1Cl. The van der Waals surface area contributed by atoms with E-state index in [0.29, 0.717) is 22.8 Å². The molecule has 0 spiro atoms. The zero-order chi connectivity index (χ0) is 14.8. The summed E-state index contributed by atoms with van der Waals surface area (Å²) in [6.45, 7) is 0. The standard InChI is InChI=1S/C15H12ClN3O2/c1-21-13-3-2-9(5-12(13)16)4-10-6-14(20)19-15-11(10)7-17-8-18-15/h2-3,5-8H,4H2,1H3,(H,17,18,19,20). The van der Waals surface area contributed by atoms with E-state index in [1.807, 2.05) is 18.2 Å². The number of hydrogen-bond donors (Lipinski definition) is 1. The van der Waals surface area contributed by atoms with Crippen molar-refractivity contribution in [2.75, 3.05) is 7.11 Å². The first-order valence-corrected chi connectivity index (χ1v) is 6.69. The van der Waals surface area contributed by atoms with Crippen LogP contribution in [0.3, 0.4) is 0 Å². The highest BCUT2D eigenvalue weighted by molar-refractivity contribution is 6.32. The monoisotopic (exact) mass is 301 g/mol. The number of aromatic nitrogens is 3. The molecule has 106 valence electrons. The fourth-order valence-corrected chi connectivity index (χ4v) is 2.52. The molecule has 3 rings (SSSR count). The normalized spacial score (nSPS) is 10.8. The highest BCUT2D eigenvalue weighted by Crippen LogP contribution is 2.26. The summed E-state index contributed by atoms with van der Waals surface area (Å²) in [7, 11) is 1.57. The van der Waals surface area contributed by atoms with Gasteiger partial charge in [0.1, 0.15) is 17.7 Å². The Labute approximate surface area is 125 Å². The van der Waals surface area contributed by atoms with Gasteiger partial charge in [-0.05, 0) is 29.7 Å². The first-order valence-electron chi connectivity index (χ1n) is 6.31. The Morgan fingerprint density at radius 2 is 2.19 bits per heavy atom. The molecule has 0 aliphatic rings. The van der Waals surface area contributed by atoms with Gasteiger partial charge in [-0.15, -0.1) is 0 Å². The van der Waals surface area contributed by atoms with Crippen LogP contribution >= 0.6 is 11.6 Å². The van der Waals surface area contributed by atoms with Gasteiger partial charge < -0.3 is 9.72 Å². The molecule has 2 aromatic heterocycles. The van der Waals surface area contributed by atoms with Gasteiger partial charge in [-0.25, -0.2) is 9.97 Å². The van der Waals surface area contributed by atoms with Crippen LogP contribution in [0.2, 0.25) is 5.02 Å². The number of hydrogen-bond acceptors (Lipinski definition) is 4. The molecule has 0 fully saturated rings. The lowest BCUT2D eigenvalue weighted by Gasteiger charge is -2.08. The molecule has 0 saturated carbocycles. The molecule has 6 heteroatoms. The van der Waals surface area contributed by atoms with Crippen molar-refractivity contribution in [1.29, 1.82) is 0 Å². The molecule has 0 aliphatic heterocycles. The first kappa shape index (κ1) is 13.6. The number of nitrogens with zero attached hydrogens (tertiary/aromatic N) is 2. The first-order chi connectivity index (χ1) is 10.2. The molecule has 3 aromatic rings. The number of aromatic amines is 1. The zero-order valence-electron chi connectivity index (χ0n) is 11.3. The quantitative estimate of drug-likeness (QED) is 0.807. The van der Waals surface area contributed by atoms with Crippen LogP contribution in [-0.4, -0.2) is 22.1 Å². The van der Waals surface area contributed by atoms with Gasteiger partial charge in [-0.3, -0.25) is 4.79 Å². The van der Waals surface area contributed by atoms with Gasteiger partial charge in [-0.2, -0.15) is 0 Å². The third kappa shape index (κ3) is 2.73. The van der Waals surface area contributed by atoms with E-state index < -0.39 is 0 Å². The lowest BCUT2D eigenvalue weighted by molar-refractivity contribution is 0.415. The van der Waals surface area contributed by atoms with Gasteiger partial charge in [0.05, 0.1) is 12.1 Å². The number of fused-ring (bicyclic) bond motifs is 1. The topological polar surface area (TPSA) is 67.9 Å². The second-order valence-electron chi connectivity index (χ2n) is 4.59. The van der Waals surface area contributed by atoms with Crippen molar-refractivity contribution in [3.63, 3.8) is 0 Å². The Kier molecular flexibility index (Phi) is 3.58. The van der Waals surface area contributed by atoms with E-state index in [4.69, 9.17) is 16.3 Å². The fourth-order valence-electron chi connectivity index (χ4n) is 2.24. The molecule has 5 nitrogen and oxygen atoms in total. The summed E-state index contributed by atoms with van der Waals surface area (Å²) in [6.07, 6.45) is 3.67. The van der Waals surface area contributed by atoms with Crippen LogP contribution in [0.25, 0.3) is 11.0 Å². The van der Waals surface area contributed by atoms with E-state index in [2.05, 4.69) is 15.0 Å². The van der Waals surface area contributed by atoms with Crippen LogP contribution < -0.4 is 10.3 Å². The van der Waals surface area contributed by atoms with Gasteiger partial charge >= 0.3 is 0 Å². The third-order valence-corrected chi connectivity index (χ3v) is 3.51. The maximum Gasteiger partial charge on any atom is 0.249 e. The van der Waals surface area contributed by atoms with Gasteiger partial charge in [0, 0.05) is 17.6 Å². The number of benzene rings is 1. The van der Waals surface area contributed by atoms with Crippen molar-refractivity contribution >= 4 is 22.6 Å². The summed E-state index contributed by atoms with van der Waals surface area (Å²) in [4.78, 5) is 22.5. The number of ether oxygens (including phenoxy) is 1. The maximum absolute atomic E-state index is 11.7. The second-order valence-corrected chi connectivity index (χ2v) is 5.00. The van der Waals surface area contributed by atoms with Gasteiger partial charge in [0.25, 0.3) is 0 Å². The molecule has 0 bridgehead atoms. The number of nitrogens with one attached hydrogen (secondary N) is 1. The van der Waals surface area contributed by atoms with E-state index in [1.54, 1.807) is 19.4 Å². The number of H-pyrrole nitrogens is 1. The molecule has 1 N–H and O–H groups in total. The van der Waals surface area contributed by atoms with Crippen LogP contribution in [0.4, 0.5) is 0 Å². The molecule has 0 aliphatic carbocycles. The van der Waals surface area contributed by atoms with Crippen molar-refractivity contribution in [2.24, 2.45) is 0 Å². The van der Waals surface area contributed by atoms with Crippen LogP contribution in [0.1, 0.15) is 11.1 Å². The third-order valence-electron chi connectivity index (χ3n) is 3.22. The number of pyridine rings is 1. The Morgan fingerprint density at radius 1 is 1.33 bits per heavy atom. The van der Waals surface area contributed by atoms with E-state index in [9.17, 15) is 4.79 Å². The lowest BCUT2D eigenvalue weighted by atomic mass is 10.0. The minimum atomic E-state index is -0.184. The van der Waals surface area contributed by atoms with E-state index >= 15 is 0 Å². The predicted octanol–water partition coefficient (Wildman–Crippen LogP) is 2.57. The largest absolute Gasteiger partial charge is 0.495 e. The van der Waals surface area contributed by atoms with Gasteiger partial charge in [0.15, 0.2) is 0 Å². The molecule has 0 unspecified atom stereocenters. The minimum Gasteiger partial charge on any atom is -0.495 e. The zero-order valence-corrected chi connectivity index (χ0v) is 12.0. The Morgan fingerprint density at radius 3 is 2.95 bits per heavy atom. The Bertz CT molecular complexity index is 861. The fraction of sp³-hybridized carbons (Fsp3) is 0.133. The van der Waals surface area contributed by atoms with Crippen LogP contribution in [0, 0.1) is 0 Å². The summed E-state index contributed by atoms with van der Waals surface area (Å²) >= 11 is 6.13. The molecular weight excluding hydrogens is 290 g/mol. The average Bonchev–Trinajstić information content (AvgIpc) is 2.47. The van der Waals surface area contributed by atoms with E-state index in [0.717, 1.165) is 16.5 Å². The Balaban J connectivity index is 2.05. The van der Waals surface area contributed by atoms with Crippen molar-refractivity contribution < 1.29 is 4.74 Å². The summed E-state index contributed by atoms with van der Waals surface area (Å²) in [5, 5.41) is 1.37. The predicted molar refractivity (Wildman–Crippen MR) is 81.0 cm³/mol. The van der Waals surface area contributed by atoms with E-state index in [1.165, 1.54) is 6.33 Å². The molecule has 2 heterocycles. The summed E-state index contributed by atoms with van der Waals surface area (Å²) in [6, 6.07) is 7.12. The van der Waals surface area contributed by atoms with E-state index in [-0.39, 0.29) is 5.56 Å². The summed E-state index contributed by atoms with van der Waals surface area (Å²) < 4.78 is 5.13. The Hall–Kier alpha value is -2.40. The van der Waals surface area contributed by atoms with Crippen molar-refractivity contribution in [3.8, 4) is 5.75 Å². The smallest absolute Gasteiger partial charge is 0.249 e. The molecule has 0 amide bonds. The van der Waals surface area contributed by atoms with Crippen LogP contribution in [0.15, 0.2) is 41.6 Å². The molecule has 0 atom stereocenters. The van der Waals surface area contributed by atoms with Crippen LogP contribution in [0.5, 0.6) is 5.75 Å². The number of halogens is 1. The molecule has 0 radical (unpaired) electrons. The van der Waals surface area contributed by atoms with Crippen molar-refractivity contribution in [2.45, 2.75) is 6.42 Å². The summed E-state index contributed by atoms with van der Waals surface area (Å²) in [5.74, 6) is 0.625. The number of rotatable bonds is 3. The van der Waals surface area contributed by atoms with Crippen molar-refractivity contribution in [3.05, 3.63) is 63.3 Å². The van der Waals surface area contributed by atoms with Crippen LogP contribution in [-0.2, 0) is 6.42 Å². The number of methoxy groups -OCH3 is 1. The van der Waals surface area contributed by atoms with Crippen molar-refractivity contribution in [1.82, 2.24) is 15.0 Å². The van der Waals surface area contributed by atoms with Gasteiger partial charge in [-0.1, -0.05) is 17.7 Å². The van der Waals surface area contributed by atoms with Gasteiger partial charge in [0.2, 0.25) is 5.56 Å². The average molecular weight is 302 g/mol. The molecule has 21 heavy (non-hydrogen) atoms.